The van der Waals surface area contributed by atoms with Crippen molar-refractivity contribution in [2.75, 3.05) is 19.8 Å². The van der Waals surface area contributed by atoms with E-state index < -0.39 is 18.9 Å². The molecule has 9 heteroatoms. The maximum absolute atomic E-state index is 11.8. The molecule has 6 nitrogen and oxygen atoms in total. The average Bonchev–Trinajstić information content (AvgIpc) is 2.92. The Morgan fingerprint density at radius 2 is 2.26 bits per heavy atom. The van der Waals surface area contributed by atoms with E-state index in [2.05, 4.69) is 20.2 Å². The van der Waals surface area contributed by atoms with E-state index in [0.29, 0.717) is 24.7 Å². The molecule has 0 radical (unpaired) electrons. The van der Waals surface area contributed by atoms with Crippen molar-refractivity contribution < 1.29 is 27.5 Å². The van der Waals surface area contributed by atoms with Crippen LogP contribution in [0.3, 0.4) is 0 Å². The van der Waals surface area contributed by atoms with E-state index in [9.17, 15) is 18.3 Å². The van der Waals surface area contributed by atoms with Crippen molar-refractivity contribution in [1.82, 2.24) is 15.5 Å². The predicted molar refractivity (Wildman–Crippen MR) is 56.2 cm³/mol. The second kappa shape index (κ2) is 5.85. The maximum Gasteiger partial charge on any atom is 0.411 e. The van der Waals surface area contributed by atoms with Crippen LogP contribution in [0.15, 0.2) is 4.52 Å². The zero-order valence-electron chi connectivity index (χ0n) is 9.98. The van der Waals surface area contributed by atoms with E-state index in [-0.39, 0.29) is 19.1 Å². The number of ether oxygens (including phenoxy) is 1. The summed E-state index contributed by atoms with van der Waals surface area (Å²) < 4.78 is 44.9. The molecule has 2 N–H and O–H groups in total. The van der Waals surface area contributed by atoms with Crippen molar-refractivity contribution in [3.05, 3.63) is 11.7 Å². The highest BCUT2D eigenvalue weighted by atomic mass is 19.4. The van der Waals surface area contributed by atoms with Crippen LogP contribution in [0.4, 0.5) is 13.2 Å². The van der Waals surface area contributed by atoms with Gasteiger partial charge in [-0.05, 0) is 6.42 Å². The molecule has 2 rings (SSSR count). The first-order valence-electron chi connectivity index (χ1n) is 5.82. The van der Waals surface area contributed by atoms with Gasteiger partial charge in [-0.1, -0.05) is 5.16 Å². The van der Waals surface area contributed by atoms with Crippen LogP contribution in [-0.2, 0) is 11.2 Å². The summed E-state index contributed by atoms with van der Waals surface area (Å²) in [5.41, 5.74) is 0. The van der Waals surface area contributed by atoms with Gasteiger partial charge in [0.1, 0.15) is 6.61 Å². The summed E-state index contributed by atoms with van der Waals surface area (Å²) in [5.74, 6) is 0.628. The highest BCUT2D eigenvalue weighted by molar-refractivity contribution is 4.97. The molecule has 1 fully saturated rings. The monoisotopic (exact) mass is 281 g/mol. The van der Waals surface area contributed by atoms with Gasteiger partial charge in [-0.25, -0.2) is 0 Å². The highest BCUT2D eigenvalue weighted by Gasteiger charge is 2.29. The molecule has 1 aromatic rings. The topological polar surface area (TPSA) is 80.4 Å². The van der Waals surface area contributed by atoms with Gasteiger partial charge in [0, 0.05) is 13.0 Å². The van der Waals surface area contributed by atoms with E-state index in [4.69, 9.17) is 4.52 Å². The molecule has 2 atom stereocenters. The second-order valence-corrected chi connectivity index (χ2v) is 4.32. The Balaban J connectivity index is 1.75. The van der Waals surface area contributed by atoms with E-state index in [0.717, 1.165) is 0 Å². The first-order chi connectivity index (χ1) is 8.94. The van der Waals surface area contributed by atoms with E-state index in [1.165, 1.54) is 0 Å². The molecule has 0 aliphatic carbocycles. The third-order valence-electron chi connectivity index (χ3n) is 2.63. The minimum absolute atomic E-state index is 0.126. The van der Waals surface area contributed by atoms with Crippen LogP contribution in [0, 0.1) is 0 Å². The normalized spacial score (nSPS) is 24.0. The molecule has 1 unspecified atom stereocenters. The predicted octanol–water partition coefficient (Wildman–Crippen LogP) is 0.586. The number of β-amino-alcohol motifs (C(OH)–C–C–N with tert-alkyl or cyclic N) is 1. The molecule has 0 amide bonds. The first-order valence-corrected chi connectivity index (χ1v) is 5.82. The smallest absolute Gasteiger partial charge is 0.392 e. The molecule has 1 aromatic heterocycles. The SMILES string of the molecule is OC1CN[C@H](c2nc(CCOCC(F)(F)F)no2)C1. The second-order valence-electron chi connectivity index (χ2n) is 4.32. The van der Waals surface area contributed by atoms with E-state index in [1.807, 2.05) is 0 Å². The van der Waals surface area contributed by atoms with Crippen molar-refractivity contribution in [2.24, 2.45) is 0 Å². The zero-order valence-corrected chi connectivity index (χ0v) is 9.98. The van der Waals surface area contributed by atoms with Gasteiger partial charge in [0.25, 0.3) is 0 Å². The fourth-order valence-corrected chi connectivity index (χ4v) is 1.77. The number of nitrogens with zero attached hydrogens (tertiary/aromatic N) is 2. The van der Waals surface area contributed by atoms with Gasteiger partial charge in [-0.2, -0.15) is 18.2 Å². The summed E-state index contributed by atoms with van der Waals surface area (Å²) >= 11 is 0. The van der Waals surface area contributed by atoms with Gasteiger partial charge in [0.2, 0.25) is 5.89 Å². The maximum atomic E-state index is 11.8. The van der Waals surface area contributed by atoms with Crippen molar-refractivity contribution in [1.29, 1.82) is 0 Å². The number of rotatable bonds is 5. The number of nitrogens with one attached hydrogen (secondary N) is 1. The zero-order chi connectivity index (χ0) is 13.9. The summed E-state index contributed by atoms with van der Waals surface area (Å²) in [4.78, 5) is 4.05. The number of hydrogen-bond donors (Lipinski definition) is 2. The molecule has 19 heavy (non-hydrogen) atoms. The molecule has 1 saturated heterocycles. The number of alkyl halides is 3. The lowest BCUT2D eigenvalue weighted by Gasteiger charge is -2.05. The fourth-order valence-electron chi connectivity index (χ4n) is 1.77. The van der Waals surface area contributed by atoms with Gasteiger partial charge in [0.05, 0.1) is 18.8 Å². The highest BCUT2D eigenvalue weighted by Crippen LogP contribution is 2.21. The van der Waals surface area contributed by atoms with Gasteiger partial charge >= 0.3 is 6.18 Å². The molecule has 1 aliphatic rings. The summed E-state index contributed by atoms with van der Waals surface area (Å²) in [5, 5.41) is 16.0. The fraction of sp³-hybridized carbons (Fsp3) is 0.800. The Morgan fingerprint density at radius 3 is 2.89 bits per heavy atom. The number of aromatic nitrogens is 2. The first kappa shape index (κ1) is 14.2. The third kappa shape index (κ3) is 4.44. The molecule has 0 saturated carbocycles. The number of aliphatic hydroxyl groups excluding tert-OH is 1. The number of halogens is 3. The molecule has 2 heterocycles. The number of aliphatic hydroxyl groups is 1. The van der Waals surface area contributed by atoms with Gasteiger partial charge < -0.3 is 19.7 Å². The van der Waals surface area contributed by atoms with Crippen LogP contribution < -0.4 is 5.32 Å². The standard InChI is InChI=1S/C10H14F3N3O3/c11-10(12,13)5-18-2-1-8-15-9(19-16-8)7-3-6(17)4-14-7/h6-7,14,17H,1-5H2/t6?,7-/m0/s1. The van der Waals surface area contributed by atoms with Crippen molar-refractivity contribution in [3.63, 3.8) is 0 Å². The van der Waals surface area contributed by atoms with Crippen LogP contribution in [0.2, 0.25) is 0 Å². The van der Waals surface area contributed by atoms with E-state index in [1.54, 1.807) is 0 Å². The summed E-state index contributed by atoms with van der Waals surface area (Å²) in [6.07, 6.45) is -4.15. The van der Waals surface area contributed by atoms with Gasteiger partial charge in [-0.15, -0.1) is 0 Å². The van der Waals surface area contributed by atoms with Crippen LogP contribution >= 0.6 is 0 Å². The summed E-state index contributed by atoms with van der Waals surface area (Å²) in [7, 11) is 0. The molecule has 0 bridgehead atoms. The molecule has 1 aliphatic heterocycles. The lowest BCUT2D eigenvalue weighted by atomic mass is 10.2. The van der Waals surface area contributed by atoms with Crippen molar-refractivity contribution >= 4 is 0 Å². The van der Waals surface area contributed by atoms with Crippen LogP contribution in [0.1, 0.15) is 24.2 Å². The Hall–Kier alpha value is -1.19. The van der Waals surface area contributed by atoms with Crippen LogP contribution in [-0.4, -0.2) is 47.3 Å². The summed E-state index contributed by atoms with van der Waals surface area (Å²) in [6, 6.07) is -0.202. The Bertz CT molecular complexity index is 410. The largest absolute Gasteiger partial charge is 0.411 e. The average molecular weight is 281 g/mol. The van der Waals surface area contributed by atoms with Crippen molar-refractivity contribution in [3.8, 4) is 0 Å². The summed E-state index contributed by atoms with van der Waals surface area (Å²) in [6.45, 7) is -0.954. The minimum atomic E-state index is -4.33. The van der Waals surface area contributed by atoms with Crippen LogP contribution in [0.5, 0.6) is 0 Å². The third-order valence-corrected chi connectivity index (χ3v) is 2.63. The quantitative estimate of drug-likeness (QED) is 0.769. The van der Waals surface area contributed by atoms with Crippen LogP contribution in [0.25, 0.3) is 0 Å². The Kier molecular flexibility index (Phi) is 4.38. The molecular formula is C10H14F3N3O3. The minimum Gasteiger partial charge on any atom is -0.392 e. The van der Waals surface area contributed by atoms with Crippen molar-refractivity contribution in [2.45, 2.75) is 31.2 Å². The molecule has 0 spiro atoms. The number of hydrogen-bond acceptors (Lipinski definition) is 6. The van der Waals surface area contributed by atoms with Gasteiger partial charge in [-0.3, -0.25) is 0 Å². The molecule has 108 valence electrons. The van der Waals surface area contributed by atoms with E-state index >= 15 is 0 Å². The Labute approximate surface area is 106 Å². The lowest BCUT2D eigenvalue weighted by molar-refractivity contribution is -0.173. The lowest BCUT2D eigenvalue weighted by Crippen LogP contribution is -2.18. The Morgan fingerprint density at radius 1 is 1.47 bits per heavy atom. The molecule has 0 aromatic carbocycles. The van der Waals surface area contributed by atoms with Gasteiger partial charge in [0.15, 0.2) is 5.82 Å². The molecular weight excluding hydrogens is 267 g/mol.